The number of nitrogens with one attached hydrogen (secondary N) is 2. The molecule has 1 saturated heterocycles. The number of aromatic nitrogens is 2. The van der Waals surface area contributed by atoms with Gasteiger partial charge in [-0.3, -0.25) is 9.59 Å². The zero-order chi connectivity index (χ0) is 19.8. The number of amides is 2. The minimum atomic E-state index is -0.403. The lowest BCUT2D eigenvalue weighted by Gasteiger charge is -2.22. The Kier molecular flexibility index (Phi) is 4.31. The van der Waals surface area contributed by atoms with Crippen LogP contribution in [0.1, 0.15) is 12.2 Å². The Morgan fingerprint density at radius 1 is 1.17 bits per heavy atom. The van der Waals surface area contributed by atoms with Gasteiger partial charge in [-0.1, -0.05) is 12.1 Å². The summed E-state index contributed by atoms with van der Waals surface area (Å²) in [4.78, 5) is 34.4. The molecular formula is C21H20N4O4. The highest BCUT2D eigenvalue weighted by Gasteiger charge is 2.35. The summed E-state index contributed by atoms with van der Waals surface area (Å²) in [6.45, 7) is 1.63. The molecule has 2 N–H and O–H groups in total. The van der Waals surface area contributed by atoms with Crippen molar-refractivity contribution in [3.05, 3.63) is 48.3 Å². The molecule has 1 unspecified atom stereocenters. The van der Waals surface area contributed by atoms with E-state index in [4.69, 9.17) is 9.47 Å². The van der Waals surface area contributed by atoms with E-state index in [9.17, 15) is 9.59 Å². The molecule has 1 aromatic heterocycles. The number of aromatic amines is 1. The molecule has 1 atom stereocenters. The van der Waals surface area contributed by atoms with E-state index in [2.05, 4.69) is 15.3 Å². The summed E-state index contributed by atoms with van der Waals surface area (Å²) in [5.74, 6) is 1.35. The fourth-order valence-electron chi connectivity index (χ4n) is 3.74. The monoisotopic (exact) mass is 392 g/mol. The number of hydrogen-bond acceptors (Lipinski definition) is 5. The van der Waals surface area contributed by atoms with Crippen molar-refractivity contribution in [3.63, 3.8) is 0 Å². The van der Waals surface area contributed by atoms with E-state index in [0.717, 1.165) is 11.0 Å². The number of anilines is 1. The van der Waals surface area contributed by atoms with E-state index in [1.54, 1.807) is 17.0 Å². The van der Waals surface area contributed by atoms with Gasteiger partial charge in [0.1, 0.15) is 19.0 Å². The Labute approximate surface area is 166 Å². The van der Waals surface area contributed by atoms with Crippen LogP contribution in [-0.4, -0.2) is 41.5 Å². The van der Waals surface area contributed by atoms with Gasteiger partial charge in [-0.15, -0.1) is 0 Å². The van der Waals surface area contributed by atoms with Crippen LogP contribution >= 0.6 is 0 Å². The largest absolute Gasteiger partial charge is 0.486 e. The van der Waals surface area contributed by atoms with Crippen molar-refractivity contribution >= 4 is 28.5 Å². The van der Waals surface area contributed by atoms with Gasteiger partial charge in [0.25, 0.3) is 0 Å². The Hall–Kier alpha value is -3.55. The quantitative estimate of drug-likeness (QED) is 0.708. The van der Waals surface area contributed by atoms with Crippen molar-refractivity contribution < 1.29 is 19.1 Å². The van der Waals surface area contributed by atoms with Crippen molar-refractivity contribution in [2.75, 3.05) is 24.7 Å². The third-order valence-corrected chi connectivity index (χ3v) is 5.20. The third kappa shape index (κ3) is 3.37. The molecule has 148 valence electrons. The molecule has 8 nitrogen and oxygen atoms in total. The zero-order valence-electron chi connectivity index (χ0n) is 15.7. The molecule has 0 saturated carbocycles. The smallest absolute Gasteiger partial charge is 0.227 e. The number of hydrogen-bond donors (Lipinski definition) is 2. The van der Waals surface area contributed by atoms with Gasteiger partial charge in [0.15, 0.2) is 11.5 Å². The standard InChI is InChI=1S/C21H20N4O4/c26-20-9-13(12-25(20)14-5-6-17-18(10-14)29-8-7-28-17)21(27)22-11-19-23-15-3-1-2-4-16(15)24-19/h1-6,10,13H,7-9,11-12H2,(H,22,27)(H,23,24). The molecule has 0 radical (unpaired) electrons. The summed E-state index contributed by atoms with van der Waals surface area (Å²) in [5.41, 5.74) is 2.50. The van der Waals surface area contributed by atoms with Crippen LogP contribution in [0.15, 0.2) is 42.5 Å². The highest BCUT2D eigenvalue weighted by Crippen LogP contribution is 2.36. The summed E-state index contributed by atoms with van der Waals surface area (Å²) >= 11 is 0. The van der Waals surface area contributed by atoms with Crippen LogP contribution in [0.5, 0.6) is 11.5 Å². The Bertz CT molecular complexity index is 1060. The van der Waals surface area contributed by atoms with Crippen LogP contribution in [0.4, 0.5) is 5.69 Å². The third-order valence-electron chi connectivity index (χ3n) is 5.20. The maximum absolute atomic E-state index is 12.6. The normalized spacial score (nSPS) is 18.3. The summed E-state index contributed by atoms with van der Waals surface area (Å²) in [7, 11) is 0. The van der Waals surface area contributed by atoms with Gasteiger partial charge >= 0.3 is 0 Å². The number of fused-ring (bicyclic) bond motifs is 2. The number of carbonyl (C=O) groups is 2. The highest BCUT2D eigenvalue weighted by atomic mass is 16.6. The maximum Gasteiger partial charge on any atom is 0.227 e. The zero-order valence-corrected chi connectivity index (χ0v) is 15.7. The first-order valence-electron chi connectivity index (χ1n) is 9.59. The molecule has 1 fully saturated rings. The van der Waals surface area contributed by atoms with Crippen LogP contribution in [0.25, 0.3) is 11.0 Å². The van der Waals surface area contributed by atoms with Gasteiger partial charge < -0.3 is 24.7 Å². The minimum absolute atomic E-state index is 0.0782. The molecule has 2 aliphatic rings. The summed E-state index contributed by atoms with van der Waals surface area (Å²) in [6, 6.07) is 13.1. The molecule has 0 aliphatic carbocycles. The fraction of sp³-hybridized carbons (Fsp3) is 0.286. The van der Waals surface area contributed by atoms with E-state index >= 15 is 0 Å². The molecule has 5 rings (SSSR count). The maximum atomic E-state index is 12.6. The molecule has 0 spiro atoms. The number of carbonyl (C=O) groups excluding carboxylic acids is 2. The van der Waals surface area contributed by atoms with Crippen LogP contribution < -0.4 is 19.7 Å². The summed E-state index contributed by atoms with van der Waals surface area (Å²) in [6.07, 6.45) is 0.181. The van der Waals surface area contributed by atoms with Gasteiger partial charge in [0.05, 0.1) is 23.5 Å². The second kappa shape index (κ2) is 7.12. The Morgan fingerprint density at radius 3 is 2.86 bits per heavy atom. The Morgan fingerprint density at radius 2 is 2.00 bits per heavy atom. The molecule has 29 heavy (non-hydrogen) atoms. The number of nitrogens with zero attached hydrogens (tertiary/aromatic N) is 2. The molecular weight excluding hydrogens is 372 g/mol. The number of benzene rings is 2. The highest BCUT2D eigenvalue weighted by molar-refractivity contribution is 6.00. The van der Waals surface area contributed by atoms with E-state index in [-0.39, 0.29) is 18.2 Å². The lowest BCUT2D eigenvalue weighted by Crippen LogP contribution is -2.32. The molecule has 2 amide bonds. The lowest BCUT2D eigenvalue weighted by molar-refractivity contribution is -0.126. The topological polar surface area (TPSA) is 96.5 Å². The average Bonchev–Trinajstić information content (AvgIpc) is 3.35. The van der Waals surface area contributed by atoms with Crippen molar-refractivity contribution in [1.82, 2.24) is 15.3 Å². The van der Waals surface area contributed by atoms with Gasteiger partial charge in [-0.25, -0.2) is 4.98 Å². The number of H-pyrrole nitrogens is 1. The van der Waals surface area contributed by atoms with E-state index in [1.165, 1.54) is 0 Å². The summed E-state index contributed by atoms with van der Waals surface area (Å²) in [5, 5.41) is 2.89. The molecule has 2 aliphatic heterocycles. The van der Waals surface area contributed by atoms with E-state index < -0.39 is 5.92 Å². The van der Waals surface area contributed by atoms with Gasteiger partial charge in [0.2, 0.25) is 11.8 Å². The van der Waals surface area contributed by atoms with Crippen molar-refractivity contribution in [3.8, 4) is 11.5 Å². The van der Waals surface area contributed by atoms with Crippen LogP contribution in [0.2, 0.25) is 0 Å². The molecule has 2 aromatic carbocycles. The van der Waals surface area contributed by atoms with Crippen LogP contribution in [0, 0.1) is 5.92 Å². The van der Waals surface area contributed by atoms with Crippen LogP contribution in [0.3, 0.4) is 0 Å². The average molecular weight is 392 g/mol. The fourth-order valence-corrected chi connectivity index (χ4v) is 3.74. The second-order valence-electron chi connectivity index (χ2n) is 7.15. The first kappa shape index (κ1) is 17.5. The van der Waals surface area contributed by atoms with Crippen molar-refractivity contribution in [2.24, 2.45) is 5.92 Å². The van der Waals surface area contributed by atoms with Crippen LogP contribution in [-0.2, 0) is 16.1 Å². The van der Waals surface area contributed by atoms with Gasteiger partial charge in [-0.05, 0) is 24.3 Å². The number of ether oxygens (including phenoxy) is 2. The molecule has 0 bridgehead atoms. The first-order valence-corrected chi connectivity index (χ1v) is 9.59. The second-order valence-corrected chi connectivity index (χ2v) is 7.15. The predicted octanol–water partition coefficient (Wildman–Crippen LogP) is 2.00. The van der Waals surface area contributed by atoms with Crippen molar-refractivity contribution in [1.29, 1.82) is 0 Å². The summed E-state index contributed by atoms with van der Waals surface area (Å²) < 4.78 is 11.1. The minimum Gasteiger partial charge on any atom is -0.486 e. The first-order chi connectivity index (χ1) is 14.2. The molecule has 3 heterocycles. The van der Waals surface area contributed by atoms with E-state index in [0.29, 0.717) is 49.3 Å². The Balaban J connectivity index is 1.24. The number of rotatable bonds is 4. The van der Waals surface area contributed by atoms with E-state index in [1.807, 2.05) is 30.3 Å². The van der Waals surface area contributed by atoms with Gasteiger partial charge in [-0.2, -0.15) is 0 Å². The SMILES string of the molecule is O=C(NCc1nc2ccccc2[nH]1)C1CC(=O)N(c2ccc3c(c2)OCCO3)C1. The number of imidazole rings is 1. The predicted molar refractivity (Wildman–Crippen MR) is 106 cm³/mol. The molecule has 8 heteroatoms. The van der Waals surface area contributed by atoms with Gasteiger partial charge in [0, 0.05) is 24.7 Å². The lowest BCUT2D eigenvalue weighted by atomic mass is 10.1. The van der Waals surface area contributed by atoms with Crippen molar-refractivity contribution in [2.45, 2.75) is 13.0 Å². The number of para-hydroxylation sites is 2. The molecule has 3 aromatic rings.